The molecule has 4 heteroatoms. The summed E-state index contributed by atoms with van der Waals surface area (Å²) in [5.74, 6) is 0.673. The number of hydrogen-bond donors (Lipinski definition) is 2. The maximum Gasteiger partial charge on any atom is 0.315 e. The summed E-state index contributed by atoms with van der Waals surface area (Å²) < 4.78 is 0. The number of Topliss-reactive ketones (excluding diaryl/α,β-unsaturated/α-hetero) is 1. The summed E-state index contributed by atoms with van der Waals surface area (Å²) in [5, 5.41) is 6.11. The molecular formula is C23H28N2O2. The van der Waals surface area contributed by atoms with Crippen molar-refractivity contribution in [2.24, 2.45) is 17.3 Å². The maximum atomic E-state index is 12.6. The first-order valence-corrected chi connectivity index (χ1v) is 9.54. The van der Waals surface area contributed by atoms with Crippen LogP contribution in [0.15, 0.2) is 60.7 Å². The van der Waals surface area contributed by atoms with E-state index in [9.17, 15) is 9.59 Å². The van der Waals surface area contributed by atoms with E-state index in [1.165, 1.54) is 0 Å². The smallest absolute Gasteiger partial charge is 0.315 e. The molecule has 27 heavy (non-hydrogen) atoms. The zero-order valence-corrected chi connectivity index (χ0v) is 16.2. The molecule has 0 aromatic heterocycles. The number of rotatable bonds is 6. The van der Waals surface area contributed by atoms with E-state index in [1.807, 2.05) is 60.7 Å². The lowest BCUT2D eigenvalue weighted by Gasteiger charge is -2.51. The predicted octanol–water partition coefficient (Wildman–Crippen LogP) is 4.33. The van der Waals surface area contributed by atoms with Gasteiger partial charge in [-0.05, 0) is 35.8 Å². The van der Waals surface area contributed by atoms with E-state index < -0.39 is 0 Å². The van der Waals surface area contributed by atoms with Gasteiger partial charge in [-0.2, -0.15) is 0 Å². The van der Waals surface area contributed by atoms with Crippen LogP contribution in [0.2, 0.25) is 0 Å². The molecule has 0 aliphatic heterocycles. The first-order valence-electron chi connectivity index (χ1n) is 9.54. The van der Waals surface area contributed by atoms with Gasteiger partial charge in [-0.15, -0.1) is 0 Å². The molecular weight excluding hydrogens is 336 g/mol. The molecule has 2 atom stereocenters. The van der Waals surface area contributed by atoms with E-state index in [0.717, 1.165) is 17.5 Å². The first kappa shape index (κ1) is 19.2. The Morgan fingerprint density at radius 3 is 1.96 bits per heavy atom. The van der Waals surface area contributed by atoms with Gasteiger partial charge in [-0.1, -0.05) is 74.5 Å². The Bertz CT molecular complexity index is 747. The van der Waals surface area contributed by atoms with E-state index in [0.29, 0.717) is 12.5 Å². The van der Waals surface area contributed by atoms with Crippen molar-refractivity contribution in [1.82, 2.24) is 10.6 Å². The van der Waals surface area contributed by atoms with Crippen molar-refractivity contribution < 1.29 is 9.59 Å². The van der Waals surface area contributed by atoms with E-state index in [2.05, 4.69) is 24.5 Å². The number of carbonyl (C=O) groups is 2. The molecule has 0 saturated heterocycles. The monoisotopic (exact) mass is 364 g/mol. The molecule has 0 heterocycles. The van der Waals surface area contributed by atoms with Gasteiger partial charge in [0, 0.05) is 12.5 Å². The lowest BCUT2D eigenvalue weighted by molar-refractivity contribution is -0.135. The summed E-state index contributed by atoms with van der Waals surface area (Å²) in [6.07, 6.45) is 0.851. The minimum atomic E-state index is -0.202. The molecule has 142 valence electrons. The Morgan fingerprint density at radius 1 is 1.00 bits per heavy atom. The standard InChI is InChI=1S/C23H28N2O2/c1-16(26)20-14-19(23(20,2)3)15-24-22(27)25-21(17-10-6-4-7-11-17)18-12-8-5-9-13-18/h4-13,19-21H,14-15H2,1-3H3,(H2,24,25,27). The van der Waals surface area contributed by atoms with Crippen LogP contribution in [0.4, 0.5) is 4.79 Å². The molecule has 4 nitrogen and oxygen atoms in total. The van der Waals surface area contributed by atoms with Gasteiger partial charge >= 0.3 is 6.03 Å². The Labute approximate surface area is 161 Å². The van der Waals surface area contributed by atoms with E-state index in [4.69, 9.17) is 0 Å². The molecule has 2 aromatic carbocycles. The third kappa shape index (κ3) is 4.21. The van der Waals surface area contributed by atoms with Crippen molar-refractivity contribution in [3.63, 3.8) is 0 Å². The second-order valence-electron chi connectivity index (χ2n) is 8.03. The predicted molar refractivity (Wildman–Crippen MR) is 107 cm³/mol. The van der Waals surface area contributed by atoms with Crippen LogP contribution in [0.3, 0.4) is 0 Å². The summed E-state index contributed by atoms with van der Waals surface area (Å²) >= 11 is 0. The van der Waals surface area contributed by atoms with Gasteiger partial charge in [-0.3, -0.25) is 4.79 Å². The SMILES string of the molecule is CC(=O)C1CC(CNC(=O)NC(c2ccccc2)c2ccccc2)C1(C)C. The zero-order valence-electron chi connectivity index (χ0n) is 16.2. The third-order valence-electron chi connectivity index (χ3n) is 6.01. The highest BCUT2D eigenvalue weighted by Gasteiger charge is 2.49. The largest absolute Gasteiger partial charge is 0.338 e. The van der Waals surface area contributed by atoms with E-state index >= 15 is 0 Å². The molecule has 2 N–H and O–H groups in total. The van der Waals surface area contributed by atoms with Gasteiger partial charge in [0.1, 0.15) is 5.78 Å². The molecule has 0 bridgehead atoms. The van der Waals surface area contributed by atoms with Crippen LogP contribution in [0.5, 0.6) is 0 Å². The minimum Gasteiger partial charge on any atom is -0.338 e. The summed E-state index contributed by atoms with van der Waals surface area (Å²) in [5.41, 5.74) is 2.02. The summed E-state index contributed by atoms with van der Waals surface area (Å²) in [4.78, 5) is 24.3. The van der Waals surface area contributed by atoms with Crippen LogP contribution < -0.4 is 10.6 Å². The van der Waals surface area contributed by atoms with Gasteiger partial charge in [0.05, 0.1) is 6.04 Å². The van der Waals surface area contributed by atoms with Crippen LogP contribution in [-0.4, -0.2) is 18.4 Å². The average molecular weight is 364 g/mol. The first-order chi connectivity index (χ1) is 12.9. The topological polar surface area (TPSA) is 58.2 Å². The molecule has 3 rings (SSSR count). The molecule has 1 aliphatic carbocycles. The van der Waals surface area contributed by atoms with Gasteiger partial charge < -0.3 is 10.6 Å². The van der Waals surface area contributed by atoms with Crippen molar-refractivity contribution in [2.45, 2.75) is 33.2 Å². The van der Waals surface area contributed by atoms with Crippen LogP contribution in [-0.2, 0) is 4.79 Å². The maximum absolute atomic E-state index is 12.6. The Hall–Kier alpha value is -2.62. The van der Waals surface area contributed by atoms with Crippen molar-refractivity contribution in [3.05, 3.63) is 71.8 Å². The molecule has 0 radical (unpaired) electrons. The third-order valence-corrected chi connectivity index (χ3v) is 6.01. The highest BCUT2D eigenvalue weighted by Crippen LogP contribution is 2.51. The molecule has 0 spiro atoms. The molecule has 2 unspecified atom stereocenters. The summed E-state index contributed by atoms with van der Waals surface area (Å²) in [6, 6.07) is 19.5. The number of ketones is 1. The van der Waals surface area contributed by atoms with Crippen LogP contribution in [0.1, 0.15) is 44.4 Å². The Morgan fingerprint density at radius 2 is 1.52 bits per heavy atom. The van der Waals surface area contributed by atoms with E-state index in [-0.39, 0.29) is 29.2 Å². The highest BCUT2D eigenvalue weighted by molar-refractivity contribution is 5.80. The number of nitrogens with one attached hydrogen (secondary N) is 2. The van der Waals surface area contributed by atoms with Crippen molar-refractivity contribution in [2.75, 3.05) is 6.54 Å². The number of benzene rings is 2. The van der Waals surface area contributed by atoms with Crippen molar-refractivity contribution in [3.8, 4) is 0 Å². The van der Waals surface area contributed by atoms with Gasteiger partial charge in [0.15, 0.2) is 0 Å². The van der Waals surface area contributed by atoms with Gasteiger partial charge in [0.25, 0.3) is 0 Å². The molecule has 1 aliphatic rings. The minimum absolute atomic E-state index is 0.0582. The number of carbonyl (C=O) groups excluding carboxylic acids is 2. The second kappa shape index (κ2) is 7.95. The summed E-state index contributed by atoms with van der Waals surface area (Å²) in [7, 11) is 0. The van der Waals surface area contributed by atoms with Gasteiger partial charge in [0.2, 0.25) is 0 Å². The molecule has 1 saturated carbocycles. The molecule has 2 amide bonds. The fourth-order valence-electron chi connectivity index (χ4n) is 4.10. The fourth-order valence-corrected chi connectivity index (χ4v) is 4.10. The Kier molecular flexibility index (Phi) is 5.64. The summed E-state index contributed by atoms with van der Waals surface area (Å²) in [6.45, 7) is 6.47. The fraction of sp³-hybridized carbons (Fsp3) is 0.391. The van der Waals surface area contributed by atoms with Crippen molar-refractivity contribution >= 4 is 11.8 Å². The lowest BCUT2D eigenvalue weighted by atomic mass is 9.53. The number of hydrogen-bond acceptors (Lipinski definition) is 2. The zero-order chi connectivity index (χ0) is 19.4. The van der Waals surface area contributed by atoms with E-state index in [1.54, 1.807) is 6.92 Å². The Balaban J connectivity index is 1.63. The quantitative estimate of drug-likeness (QED) is 0.802. The van der Waals surface area contributed by atoms with Gasteiger partial charge in [-0.25, -0.2) is 4.79 Å². The molecule has 2 aromatic rings. The molecule has 1 fully saturated rings. The normalized spacial score (nSPS) is 20.6. The van der Waals surface area contributed by atoms with Crippen LogP contribution in [0.25, 0.3) is 0 Å². The number of amides is 2. The number of urea groups is 1. The highest BCUT2D eigenvalue weighted by atomic mass is 16.2. The van der Waals surface area contributed by atoms with Crippen LogP contribution >= 0.6 is 0 Å². The second-order valence-corrected chi connectivity index (χ2v) is 8.03. The average Bonchev–Trinajstić information content (AvgIpc) is 2.66. The van der Waals surface area contributed by atoms with Crippen LogP contribution in [0, 0.1) is 17.3 Å². The lowest BCUT2D eigenvalue weighted by Crippen LogP contribution is -2.53. The van der Waals surface area contributed by atoms with Crippen molar-refractivity contribution in [1.29, 1.82) is 0 Å².